The molecule has 0 saturated heterocycles. The number of carbonyl (C=O) groups excluding carboxylic acids is 3. The molecule has 0 aromatic heterocycles. The van der Waals surface area contributed by atoms with Crippen LogP contribution < -0.4 is 0 Å². The van der Waals surface area contributed by atoms with E-state index >= 15 is 0 Å². The van der Waals surface area contributed by atoms with Gasteiger partial charge in [0.05, 0.1) is 0 Å². The van der Waals surface area contributed by atoms with Gasteiger partial charge in [-0.15, -0.1) is 0 Å². The molecule has 356 valence electrons. The molecule has 0 aliphatic carbocycles. The number of carbonyl (C=O) groups is 3. The van der Waals surface area contributed by atoms with Crippen LogP contribution in [0.4, 0.5) is 0 Å². The first-order chi connectivity index (χ1) is 29.4. The maximum Gasteiger partial charge on any atom is 0.306 e. The van der Waals surface area contributed by atoms with E-state index in [0.717, 1.165) is 63.7 Å². The molecule has 0 aromatic carbocycles. The fourth-order valence-electron chi connectivity index (χ4n) is 8.22. The quantitative estimate of drug-likeness (QED) is 0.0345. The third-order valence-corrected chi connectivity index (χ3v) is 12.3. The van der Waals surface area contributed by atoms with Crippen molar-refractivity contribution in [3.8, 4) is 0 Å². The van der Waals surface area contributed by atoms with Crippen LogP contribution in [-0.4, -0.2) is 37.2 Å². The standard InChI is InChI=1S/C54H104O6/c1-5-7-9-11-13-15-17-18-19-20-21-22-23-26-30-33-37-41-45-52(55)58-48-51(60-54(57)47-43-39-35-29-16-14-12-10-8-6-2)49-59-53(56)46-42-38-34-31-27-24-25-28-32-36-40-44-50(3)4/h50-51H,5-49H2,1-4H3/t51-/m0/s1. The van der Waals surface area contributed by atoms with Crippen LogP contribution in [0.1, 0.15) is 304 Å². The van der Waals surface area contributed by atoms with Gasteiger partial charge in [0.15, 0.2) is 6.10 Å². The minimum Gasteiger partial charge on any atom is -0.462 e. The van der Waals surface area contributed by atoms with Crippen LogP contribution in [0.5, 0.6) is 0 Å². The van der Waals surface area contributed by atoms with Gasteiger partial charge in [-0.1, -0.05) is 265 Å². The van der Waals surface area contributed by atoms with E-state index in [-0.39, 0.29) is 31.1 Å². The molecule has 0 saturated carbocycles. The van der Waals surface area contributed by atoms with Crippen LogP contribution in [0, 0.1) is 5.92 Å². The third-order valence-electron chi connectivity index (χ3n) is 12.3. The van der Waals surface area contributed by atoms with Crippen LogP contribution in [-0.2, 0) is 28.6 Å². The molecule has 6 nitrogen and oxygen atoms in total. The van der Waals surface area contributed by atoms with Gasteiger partial charge in [0.1, 0.15) is 13.2 Å². The van der Waals surface area contributed by atoms with Crippen LogP contribution in [0.2, 0.25) is 0 Å². The third kappa shape index (κ3) is 47.5. The van der Waals surface area contributed by atoms with Gasteiger partial charge < -0.3 is 14.2 Å². The molecule has 0 fully saturated rings. The molecule has 0 rings (SSSR count). The van der Waals surface area contributed by atoms with Crippen molar-refractivity contribution in [3.63, 3.8) is 0 Å². The molecule has 0 aromatic rings. The molecule has 0 N–H and O–H groups in total. The molecule has 0 amide bonds. The Morgan fingerprint density at radius 2 is 0.550 bits per heavy atom. The highest BCUT2D eigenvalue weighted by Gasteiger charge is 2.19. The summed E-state index contributed by atoms with van der Waals surface area (Å²) in [6.45, 7) is 9.02. The van der Waals surface area contributed by atoms with Crippen LogP contribution >= 0.6 is 0 Å². The normalized spacial score (nSPS) is 11.9. The maximum atomic E-state index is 12.7. The van der Waals surface area contributed by atoms with Crippen molar-refractivity contribution in [2.75, 3.05) is 13.2 Å². The zero-order valence-corrected chi connectivity index (χ0v) is 40.9. The smallest absolute Gasteiger partial charge is 0.306 e. The Kier molecular flexibility index (Phi) is 47.2. The monoisotopic (exact) mass is 849 g/mol. The Balaban J connectivity index is 4.23. The lowest BCUT2D eigenvalue weighted by atomic mass is 10.0. The van der Waals surface area contributed by atoms with Crippen molar-refractivity contribution in [3.05, 3.63) is 0 Å². The first kappa shape index (κ1) is 58.4. The average molecular weight is 849 g/mol. The van der Waals surface area contributed by atoms with Crippen LogP contribution in [0.25, 0.3) is 0 Å². The fraction of sp³-hybridized carbons (Fsp3) is 0.944. The second-order valence-electron chi connectivity index (χ2n) is 19.0. The SMILES string of the molecule is CCCCCCCCCCCCCCCCCCCCC(=O)OC[C@@H](COC(=O)CCCCCCCCCCCCCC(C)C)OC(=O)CCCCCCCCCCCC. The second-order valence-corrected chi connectivity index (χ2v) is 19.0. The molecular formula is C54H104O6. The van der Waals surface area contributed by atoms with Crippen molar-refractivity contribution in [1.82, 2.24) is 0 Å². The van der Waals surface area contributed by atoms with Crippen molar-refractivity contribution in [1.29, 1.82) is 0 Å². The molecule has 0 heterocycles. The lowest BCUT2D eigenvalue weighted by molar-refractivity contribution is -0.167. The summed E-state index contributed by atoms with van der Waals surface area (Å²) in [5.74, 6) is -0.0170. The lowest BCUT2D eigenvalue weighted by Crippen LogP contribution is -2.30. The zero-order valence-electron chi connectivity index (χ0n) is 40.9. The maximum absolute atomic E-state index is 12.7. The molecule has 0 radical (unpaired) electrons. The molecule has 0 aliphatic rings. The van der Waals surface area contributed by atoms with Crippen molar-refractivity contribution in [2.45, 2.75) is 310 Å². The minimum atomic E-state index is -0.760. The van der Waals surface area contributed by atoms with E-state index in [4.69, 9.17) is 14.2 Å². The topological polar surface area (TPSA) is 78.9 Å². The van der Waals surface area contributed by atoms with E-state index in [0.29, 0.717) is 19.3 Å². The highest BCUT2D eigenvalue weighted by molar-refractivity contribution is 5.71. The minimum absolute atomic E-state index is 0.0626. The average Bonchev–Trinajstić information content (AvgIpc) is 3.23. The zero-order chi connectivity index (χ0) is 43.8. The summed E-state index contributed by atoms with van der Waals surface area (Å²) in [5.41, 5.74) is 0. The number of rotatable bonds is 49. The van der Waals surface area contributed by atoms with Gasteiger partial charge in [0.25, 0.3) is 0 Å². The number of unbranched alkanes of at least 4 members (excludes halogenated alkanes) is 36. The van der Waals surface area contributed by atoms with E-state index in [9.17, 15) is 14.4 Å². The van der Waals surface area contributed by atoms with E-state index in [1.165, 1.54) is 199 Å². The summed E-state index contributed by atoms with van der Waals surface area (Å²) >= 11 is 0. The Bertz CT molecular complexity index is 903. The van der Waals surface area contributed by atoms with Crippen LogP contribution in [0.15, 0.2) is 0 Å². The van der Waals surface area contributed by atoms with E-state index in [1.807, 2.05) is 0 Å². The molecule has 60 heavy (non-hydrogen) atoms. The molecular weight excluding hydrogens is 745 g/mol. The molecule has 0 spiro atoms. The Labute approximate surface area is 374 Å². The largest absolute Gasteiger partial charge is 0.462 e. The highest BCUT2D eigenvalue weighted by Crippen LogP contribution is 2.17. The van der Waals surface area contributed by atoms with Gasteiger partial charge in [0.2, 0.25) is 0 Å². The Morgan fingerprint density at radius 3 is 0.817 bits per heavy atom. The summed E-state index contributed by atoms with van der Waals surface area (Å²) in [4.78, 5) is 37.9. The Morgan fingerprint density at radius 1 is 0.317 bits per heavy atom. The molecule has 0 unspecified atom stereocenters. The van der Waals surface area contributed by atoms with Crippen LogP contribution in [0.3, 0.4) is 0 Å². The molecule has 1 atom stereocenters. The summed E-state index contributed by atoms with van der Waals surface area (Å²) in [6, 6.07) is 0. The predicted octanol–water partition coefficient (Wildman–Crippen LogP) is 17.5. The summed E-state index contributed by atoms with van der Waals surface area (Å²) in [7, 11) is 0. The number of esters is 3. The van der Waals surface area contributed by atoms with Crippen molar-refractivity contribution < 1.29 is 28.6 Å². The summed E-state index contributed by atoms with van der Waals surface area (Å²) < 4.78 is 16.8. The fourth-order valence-corrected chi connectivity index (χ4v) is 8.22. The number of ether oxygens (including phenoxy) is 3. The summed E-state index contributed by atoms with van der Waals surface area (Å²) in [6.07, 6.45) is 50.9. The van der Waals surface area contributed by atoms with Gasteiger partial charge in [0, 0.05) is 19.3 Å². The number of hydrogen-bond acceptors (Lipinski definition) is 6. The van der Waals surface area contributed by atoms with Gasteiger partial charge in [-0.25, -0.2) is 0 Å². The Hall–Kier alpha value is -1.59. The molecule has 0 aliphatic heterocycles. The van der Waals surface area contributed by atoms with E-state index < -0.39 is 6.10 Å². The lowest BCUT2D eigenvalue weighted by Gasteiger charge is -2.18. The number of hydrogen-bond donors (Lipinski definition) is 0. The van der Waals surface area contributed by atoms with E-state index in [2.05, 4.69) is 27.7 Å². The molecule has 6 heteroatoms. The molecule has 0 bridgehead atoms. The van der Waals surface area contributed by atoms with Gasteiger partial charge in [-0.3, -0.25) is 14.4 Å². The first-order valence-corrected chi connectivity index (χ1v) is 26.9. The van der Waals surface area contributed by atoms with Crippen molar-refractivity contribution >= 4 is 17.9 Å². The first-order valence-electron chi connectivity index (χ1n) is 26.9. The van der Waals surface area contributed by atoms with E-state index in [1.54, 1.807) is 0 Å². The summed E-state index contributed by atoms with van der Waals surface area (Å²) in [5, 5.41) is 0. The van der Waals surface area contributed by atoms with Gasteiger partial charge in [-0.05, 0) is 25.2 Å². The van der Waals surface area contributed by atoms with Gasteiger partial charge >= 0.3 is 17.9 Å². The van der Waals surface area contributed by atoms with Gasteiger partial charge in [-0.2, -0.15) is 0 Å². The second kappa shape index (κ2) is 48.4. The van der Waals surface area contributed by atoms with Crippen molar-refractivity contribution in [2.24, 2.45) is 5.92 Å². The predicted molar refractivity (Wildman–Crippen MR) is 257 cm³/mol. The highest BCUT2D eigenvalue weighted by atomic mass is 16.6.